The maximum Gasteiger partial charge on any atom is 0.408 e. The minimum atomic E-state index is -0.569. The molecule has 0 fully saturated rings. The van der Waals surface area contributed by atoms with E-state index in [1.807, 2.05) is 51.1 Å². The predicted molar refractivity (Wildman–Crippen MR) is 68.6 cm³/mol. The summed E-state index contributed by atoms with van der Waals surface area (Å²) in [4.78, 5) is 11.5. The highest BCUT2D eigenvalue weighted by atomic mass is 16.5. The summed E-state index contributed by atoms with van der Waals surface area (Å²) in [6.45, 7) is 5.87. The zero-order valence-electron chi connectivity index (χ0n) is 10.9. The van der Waals surface area contributed by atoms with Crippen molar-refractivity contribution in [3.63, 3.8) is 0 Å². The minimum absolute atomic E-state index is 0.203. The molecule has 0 bridgehead atoms. The van der Waals surface area contributed by atoms with Crippen LogP contribution in [-0.4, -0.2) is 12.1 Å². The molecule has 1 amide bonds. The fourth-order valence-electron chi connectivity index (χ4n) is 1.33. The molecule has 0 aliphatic rings. The van der Waals surface area contributed by atoms with Crippen LogP contribution in [0.2, 0.25) is 0 Å². The highest BCUT2D eigenvalue weighted by Crippen LogP contribution is 2.18. The van der Waals surface area contributed by atoms with E-state index in [9.17, 15) is 4.79 Å². The maximum atomic E-state index is 11.5. The Morgan fingerprint density at radius 1 is 1.39 bits per heavy atom. The maximum absolute atomic E-state index is 11.5. The lowest BCUT2D eigenvalue weighted by Crippen LogP contribution is -2.42. The number of carbonyl (C=O) groups is 1. The van der Waals surface area contributed by atoms with E-state index in [0.717, 1.165) is 5.56 Å². The first-order valence-electron chi connectivity index (χ1n) is 5.80. The molecule has 0 saturated heterocycles. The number of nitrogens with zero attached hydrogens (tertiary/aromatic N) is 1. The van der Waals surface area contributed by atoms with Crippen LogP contribution in [0.1, 0.15) is 26.3 Å². The Labute approximate surface area is 108 Å². The number of amides is 1. The number of carbonyl (C=O) groups excluding carboxylic acids is 1. The summed E-state index contributed by atoms with van der Waals surface area (Å²) in [6, 6.07) is 10.9. The van der Waals surface area contributed by atoms with Gasteiger partial charge in [0.05, 0.1) is 6.07 Å². The van der Waals surface area contributed by atoms with Crippen molar-refractivity contribution < 1.29 is 9.53 Å². The summed E-state index contributed by atoms with van der Waals surface area (Å²) in [5.41, 5.74) is 0.595. The zero-order valence-corrected chi connectivity index (χ0v) is 10.9. The van der Waals surface area contributed by atoms with Gasteiger partial charge in [-0.3, -0.25) is 0 Å². The highest BCUT2D eigenvalue weighted by molar-refractivity contribution is 5.68. The molecule has 1 aromatic rings. The average Bonchev–Trinajstić information content (AvgIpc) is 2.33. The molecule has 96 valence electrons. The third-order valence-electron chi connectivity index (χ3n) is 2.47. The first-order chi connectivity index (χ1) is 8.43. The van der Waals surface area contributed by atoms with Crippen molar-refractivity contribution >= 4 is 6.09 Å². The SMILES string of the molecule is CC(C)(C)C(C#N)NC(=O)OCc1ccccc1. The number of ether oxygens (including phenoxy) is 1. The molecular formula is C14H18N2O2. The monoisotopic (exact) mass is 246 g/mol. The van der Waals surface area contributed by atoms with Crippen LogP contribution in [0.5, 0.6) is 0 Å². The number of nitrogens with one attached hydrogen (secondary N) is 1. The molecule has 1 N–H and O–H groups in total. The van der Waals surface area contributed by atoms with Gasteiger partial charge in [0.2, 0.25) is 0 Å². The predicted octanol–water partition coefficient (Wildman–Crippen LogP) is 2.85. The van der Waals surface area contributed by atoms with Gasteiger partial charge in [0.15, 0.2) is 0 Å². The van der Waals surface area contributed by atoms with E-state index >= 15 is 0 Å². The van der Waals surface area contributed by atoms with Crippen molar-refractivity contribution in [1.82, 2.24) is 5.32 Å². The number of alkyl carbamates (subject to hydrolysis) is 1. The molecular weight excluding hydrogens is 228 g/mol. The molecule has 4 nitrogen and oxygen atoms in total. The van der Waals surface area contributed by atoms with Gasteiger partial charge < -0.3 is 10.1 Å². The molecule has 1 unspecified atom stereocenters. The van der Waals surface area contributed by atoms with Crippen LogP contribution in [0.15, 0.2) is 30.3 Å². The lowest BCUT2D eigenvalue weighted by Gasteiger charge is -2.25. The molecule has 4 heteroatoms. The Kier molecular flexibility index (Phi) is 4.73. The van der Waals surface area contributed by atoms with Gasteiger partial charge >= 0.3 is 6.09 Å². The normalized spacial score (nSPS) is 12.3. The zero-order chi connectivity index (χ0) is 13.6. The van der Waals surface area contributed by atoms with Gasteiger partial charge in [-0.2, -0.15) is 5.26 Å². The van der Waals surface area contributed by atoms with E-state index in [1.165, 1.54) is 0 Å². The Balaban J connectivity index is 2.45. The van der Waals surface area contributed by atoms with Gasteiger partial charge in [0.25, 0.3) is 0 Å². The van der Waals surface area contributed by atoms with Crippen molar-refractivity contribution in [3.8, 4) is 6.07 Å². The van der Waals surface area contributed by atoms with E-state index in [0.29, 0.717) is 0 Å². The van der Waals surface area contributed by atoms with Crippen molar-refractivity contribution in [1.29, 1.82) is 5.26 Å². The molecule has 0 heterocycles. The van der Waals surface area contributed by atoms with Gasteiger partial charge in [0, 0.05) is 0 Å². The second-order valence-electron chi connectivity index (χ2n) is 5.13. The lowest BCUT2D eigenvalue weighted by atomic mass is 9.88. The summed E-state index contributed by atoms with van der Waals surface area (Å²) in [7, 11) is 0. The van der Waals surface area contributed by atoms with Gasteiger partial charge in [-0.15, -0.1) is 0 Å². The number of hydrogen-bond acceptors (Lipinski definition) is 3. The summed E-state index contributed by atoms with van der Waals surface area (Å²) in [5, 5.41) is 11.5. The molecule has 0 aliphatic heterocycles. The van der Waals surface area contributed by atoms with Crippen LogP contribution in [0, 0.1) is 16.7 Å². The molecule has 0 radical (unpaired) electrons. The number of benzene rings is 1. The Hall–Kier alpha value is -2.02. The molecule has 0 aliphatic carbocycles. The van der Waals surface area contributed by atoms with Crippen LogP contribution in [0.4, 0.5) is 4.79 Å². The summed E-state index contributed by atoms with van der Waals surface area (Å²) >= 11 is 0. The Bertz CT molecular complexity index is 429. The van der Waals surface area contributed by atoms with E-state index < -0.39 is 12.1 Å². The van der Waals surface area contributed by atoms with Crippen molar-refractivity contribution in [2.24, 2.45) is 5.41 Å². The van der Waals surface area contributed by atoms with Crippen molar-refractivity contribution in [2.75, 3.05) is 0 Å². The van der Waals surface area contributed by atoms with Gasteiger partial charge in [0.1, 0.15) is 12.6 Å². The van der Waals surface area contributed by atoms with Crippen LogP contribution in [-0.2, 0) is 11.3 Å². The van der Waals surface area contributed by atoms with Gasteiger partial charge in [-0.1, -0.05) is 51.1 Å². The average molecular weight is 246 g/mol. The van der Waals surface area contributed by atoms with Crippen LogP contribution in [0.25, 0.3) is 0 Å². The van der Waals surface area contributed by atoms with Crippen LogP contribution >= 0.6 is 0 Å². The van der Waals surface area contributed by atoms with Crippen LogP contribution < -0.4 is 5.32 Å². The largest absolute Gasteiger partial charge is 0.445 e. The first kappa shape index (κ1) is 14.0. The third-order valence-corrected chi connectivity index (χ3v) is 2.47. The smallest absolute Gasteiger partial charge is 0.408 e. The first-order valence-corrected chi connectivity index (χ1v) is 5.80. The van der Waals surface area contributed by atoms with E-state index in [1.54, 1.807) is 0 Å². The van der Waals surface area contributed by atoms with Crippen molar-refractivity contribution in [2.45, 2.75) is 33.4 Å². The Morgan fingerprint density at radius 3 is 2.50 bits per heavy atom. The van der Waals surface area contributed by atoms with Crippen LogP contribution in [0.3, 0.4) is 0 Å². The van der Waals surface area contributed by atoms with Gasteiger partial charge in [-0.25, -0.2) is 4.79 Å². The fraction of sp³-hybridized carbons (Fsp3) is 0.429. The molecule has 0 saturated carbocycles. The van der Waals surface area contributed by atoms with E-state index in [4.69, 9.17) is 10.00 Å². The molecule has 1 rings (SSSR count). The molecule has 1 atom stereocenters. The molecule has 18 heavy (non-hydrogen) atoms. The summed E-state index contributed by atoms with van der Waals surface area (Å²) < 4.78 is 5.05. The highest BCUT2D eigenvalue weighted by Gasteiger charge is 2.26. The standard InChI is InChI=1S/C14H18N2O2/c1-14(2,3)12(9-15)16-13(17)18-10-11-7-5-4-6-8-11/h4-8,12H,10H2,1-3H3,(H,16,17). The quantitative estimate of drug-likeness (QED) is 0.892. The number of hydrogen-bond donors (Lipinski definition) is 1. The van der Waals surface area contributed by atoms with Gasteiger partial charge in [-0.05, 0) is 11.0 Å². The Morgan fingerprint density at radius 2 is 2.00 bits per heavy atom. The fourth-order valence-corrected chi connectivity index (χ4v) is 1.33. The summed E-state index contributed by atoms with van der Waals surface area (Å²) in [6.07, 6.45) is -0.569. The van der Waals surface area contributed by atoms with Crippen molar-refractivity contribution in [3.05, 3.63) is 35.9 Å². The number of rotatable bonds is 3. The molecule has 0 spiro atoms. The second-order valence-corrected chi connectivity index (χ2v) is 5.13. The minimum Gasteiger partial charge on any atom is -0.445 e. The molecule has 1 aromatic carbocycles. The molecule has 0 aromatic heterocycles. The van der Waals surface area contributed by atoms with E-state index in [2.05, 4.69) is 11.4 Å². The second kappa shape index (κ2) is 6.06. The lowest BCUT2D eigenvalue weighted by molar-refractivity contribution is 0.131. The third kappa shape index (κ3) is 4.46. The summed E-state index contributed by atoms with van der Waals surface area (Å²) in [5.74, 6) is 0. The topological polar surface area (TPSA) is 62.1 Å². The van der Waals surface area contributed by atoms with E-state index in [-0.39, 0.29) is 12.0 Å². The number of nitriles is 1.